The minimum absolute atomic E-state index is 0.0982. The molecule has 1 atom stereocenters. The molecule has 0 unspecified atom stereocenters. The van der Waals surface area contributed by atoms with Crippen LogP contribution in [0.4, 0.5) is 4.79 Å². The predicted molar refractivity (Wildman–Crippen MR) is 98.8 cm³/mol. The second kappa shape index (κ2) is 8.27. The number of carbonyl (C=O) groups excluding carboxylic acids is 4. The highest BCUT2D eigenvalue weighted by molar-refractivity contribution is 6.10. The third kappa shape index (κ3) is 6.52. The minimum Gasteiger partial charge on any atom is -0.459 e. The van der Waals surface area contributed by atoms with Crippen molar-refractivity contribution in [2.24, 2.45) is 5.41 Å². The van der Waals surface area contributed by atoms with Crippen LogP contribution < -0.4 is 5.32 Å². The van der Waals surface area contributed by atoms with Crippen molar-refractivity contribution in [1.29, 1.82) is 0 Å². The lowest BCUT2D eigenvalue weighted by Gasteiger charge is -2.38. The lowest BCUT2D eigenvalue weighted by molar-refractivity contribution is -0.179. The zero-order valence-corrected chi connectivity index (χ0v) is 17.4. The third-order valence-electron chi connectivity index (χ3n) is 4.09. The van der Waals surface area contributed by atoms with Gasteiger partial charge in [-0.1, -0.05) is 0 Å². The summed E-state index contributed by atoms with van der Waals surface area (Å²) in [4.78, 5) is 50.2. The molecule has 1 rings (SSSR count). The number of nitrogens with one attached hydrogen (secondary N) is 1. The van der Waals surface area contributed by atoms with Crippen LogP contribution in [0.3, 0.4) is 0 Å². The molecular formula is C19H32N2O6. The summed E-state index contributed by atoms with van der Waals surface area (Å²) >= 11 is 0. The summed E-state index contributed by atoms with van der Waals surface area (Å²) in [6.07, 6.45) is 0.189. The second-order valence-corrected chi connectivity index (χ2v) is 8.87. The van der Waals surface area contributed by atoms with Crippen LogP contribution in [0.25, 0.3) is 0 Å². The Morgan fingerprint density at radius 3 is 2.15 bits per heavy atom. The first kappa shape index (κ1) is 22.9. The molecule has 154 valence electrons. The molecule has 8 heteroatoms. The predicted octanol–water partition coefficient (Wildman–Crippen LogP) is 2.40. The number of piperidine rings is 1. The summed E-state index contributed by atoms with van der Waals surface area (Å²) in [5.41, 5.74) is -2.77. The summed E-state index contributed by atoms with van der Waals surface area (Å²) in [6.45, 7) is 10.7. The minimum atomic E-state index is -1.41. The van der Waals surface area contributed by atoms with Crippen molar-refractivity contribution in [3.05, 3.63) is 0 Å². The molecule has 1 aliphatic rings. The van der Waals surface area contributed by atoms with Gasteiger partial charge in [0.25, 0.3) is 0 Å². The summed E-state index contributed by atoms with van der Waals surface area (Å²) in [6, 6.07) is 0. The number of likely N-dealkylation sites (tertiary alicyclic amines) is 1. The van der Waals surface area contributed by atoms with Gasteiger partial charge in [-0.2, -0.15) is 0 Å². The highest BCUT2D eigenvalue weighted by atomic mass is 16.6. The number of rotatable bonds is 5. The highest BCUT2D eigenvalue weighted by Gasteiger charge is 2.53. The van der Waals surface area contributed by atoms with Gasteiger partial charge in [0.05, 0.1) is 0 Å². The number of esters is 1. The quantitative estimate of drug-likeness (QED) is 0.338. The Bertz CT molecular complexity index is 602. The Morgan fingerprint density at radius 2 is 1.63 bits per heavy atom. The maximum atomic E-state index is 12.8. The van der Waals surface area contributed by atoms with Crippen LogP contribution in [0.5, 0.6) is 0 Å². The molecule has 1 aliphatic heterocycles. The van der Waals surface area contributed by atoms with E-state index in [9.17, 15) is 19.2 Å². The zero-order valence-electron chi connectivity index (χ0n) is 17.4. The van der Waals surface area contributed by atoms with Crippen molar-refractivity contribution >= 4 is 23.9 Å². The molecule has 0 saturated carbocycles. The maximum Gasteiger partial charge on any atom is 0.407 e. The van der Waals surface area contributed by atoms with Crippen LogP contribution in [0.2, 0.25) is 0 Å². The highest BCUT2D eigenvalue weighted by Crippen LogP contribution is 2.38. The van der Waals surface area contributed by atoms with Gasteiger partial charge in [-0.3, -0.25) is 19.3 Å². The molecule has 27 heavy (non-hydrogen) atoms. The topological polar surface area (TPSA) is 102 Å². The van der Waals surface area contributed by atoms with Gasteiger partial charge < -0.3 is 14.8 Å². The van der Waals surface area contributed by atoms with Crippen LogP contribution in [0.15, 0.2) is 0 Å². The molecule has 0 aromatic heterocycles. The molecule has 0 radical (unpaired) electrons. The van der Waals surface area contributed by atoms with E-state index in [1.54, 1.807) is 41.5 Å². The van der Waals surface area contributed by atoms with Crippen molar-refractivity contribution in [3.63, 3.8) is 0 Å². The monoisotopic (exact) mass is 384 g/mol. The van der Waals surface area contributed by atoms with Crippen LogP contribution in [0, 0.1) is 5.41 Å². The van der Waals surface area contributed by atoms with Crippen LogP contribution in [-0.2, 0) is 23.9 Å². The Hall–Kier alpha value is -2.12. The third-order valence-corrected chi connectivity index (χ3v) is 4.09. The number of amides is 3. The van der Waals surface area contributed by atoms with Gasteiger partial charge in [0.2, 0.25) is 11.8 Å². The molecule has 1 saturated heterocycles. The second-order valence-electron chi connectivity index (χ2n) is 8.87. The summed E-state index contributed by atoms with van der Waals surface area (Å²) in [7, 11) is 1.38. The molecule has 1 fully saturated rings. The van der Waals surface area contributed by atoms with E-state index >= 15 is 0 Å². The first-order valence-electron chi connectivity index (χ1n) is 9.19. The number of hydrogen-bond donors (Lipinski definition) is 1. The fourth-order valence-corrected chi connectivity index (χ4v) is 2.82. The van der Waals surface area contributed by atoms with Crippen molar-refractivity contribution in [2.45, 2.75) is 78.4 Å². The van der Waals surface area contributed by atoms with Gasteiger partial charge in [0, 0.05) is 20.0 Å². The summed E-state index contributed by atoms with van der Waals surface area (Å²) < 4.78 is 10.6. The molecule has 1 N–H and O–H groups in total. The lowest BCUT2D eigenvalue weighted by atomic mass is 9.75. The fraction of sp³-hybridized carbons (Fsp3) is 0.789. The van der Waals surface area contributed by atoms with Gasteiger partial charge in [0.15, 0.2) is 0 Å². The maximum absolute atomic E-state index is 12.8. The fourth-order valence-electron chi connectivity index (χ4n) is 2.82. The Labute approximate surface area is 160 Å². The molecule has 0 aromatic rings. The van der Waals surface area contributed by atoms with Crippen molar-refractivity contribution in [1.82, 2.24) is 10.2 Å². The molecule has 3 amide bonds. The SMILES string of the molecule is CN1C(=O)CC[C@@](CCCNC(=O)OC(C)(C)C)(C(=O)OC(C)(C)C)C1=O. The van der Waals surface area contributed by atoms with E-state index in [0.29, 0.717) is 6.42 Å². The normalized spacial score (nSPS) is 21.1. The van der Waals surface area contributed by atoms with E-state index in [1.807, 2.05) is 0 Å². The molecule has 0 aromatic carbocycles. The largest absolute Gasteiger partial charge is 0.459 e. The van der Waals surface area contributed by atoms with E-state index in [4.69, 9.17) is 9.47 Å². The van der Waals surface area contributed by atoms with Gasteiger partial charge >= 0.3 is 12.1 Å². The zero-order chi connectivity index (χ0) is 21.0. The first-order chi connectivity index (χ1) is 12.2. The molecule has 0 aliphatic carbocycles. The number of ether oxygens (including phenoxy) is 2. The Morgan fingerprint density at radius 1 is 1.07 bits per heavy atom. The van der Waals surface area contributed by atoms with Gasteiger partial charge in [-0.05, 0) is 60.8 Å². The molecule has 0 bridgehead atoms. The number of carbonyl (C=O) groups is 4. The van der Waals surface area contributed by atoms with E-state index in [1.165, 1.54) is 7.05 Å². The standard InChI is InChI=1S/C19H32N2O6/c1-17(2,3)26-15(24)19(11-9-13(22)21(7)14(19)23)10-8-12-20-16(25)27-18(4,5)6/h8-12H2,1-7H3,(H,20,25)/t19-/m1/s1. The Balaban J connectivity index is 2.82. The molecule has 0 spiro atoms. The van der Waals surface area contributed by atoms with E-state index in [2.05, 4.69) is 5.32 Å². The van der Waals surface area contributed by atoms with Gasteiger partial charge in [0.1, 0.15) is 16.6 Å². The first-order valence-corrected chi connectivity index (χ1v) is 9.19. The average molecular weight is 384 g/mol. The van der Waals surface area contributed by atoms with Crippen molar-refractivity contribution < 1.29 is 28.7 Å². The van der Waals surface area contributed by atoms with Gasteiger partial charge in [-0.25, -0.2) is 4.79 Å². The summed E-state index contributed by atoms with van der Waals surface area (Å²) in [5, 5.41) is 2.61. The average Bonchev–Trinajstić information content (AvgIpc) is 2.48. The van der Waals surface area contributed by atoms with E-state index < -0.39 is 34.6 Å². The molecule has 8 nitrogen and oxygen atoms in total. The number of alkyl carbamates (subject to hydrolysis) is 1. The molecule has 1 heterocycles. The smallest absolute Gasteiger partial charge is 0.407 e. The lowest BCUT2D eigenvalue weighted by Crippen LogP contribution is -2.55. The van der Waals surface area contributed by atoms with Crippen molar-refractivity contribution in [3.8, 4) is 0 Å². The van der Waals surface area contributed by atoms with Crippen molar-refractivity contribution in [2.75, 3.05) is 13.6 Å². The van der Waals surface area contributed by atoms with Crippen LogP contribution >= 0.6 is 0 Å². The van der Waals surface area contributed by atoms with Gasteiger partial charge in [-0.15, -0.1) is 0 Å². The number of nitrogens with zero attached hydrogens (tertiary/aromatic N) is 1. The number of imide groups is 1. The van der Waals surface area contributed by atoms with E-state index in [-0.39, 0.29) is 31.7 Å². The number of hydrogen-bond acceptors (Lipinski definition) is 6. The van der Waals surface area contributed by atoms with Crippen LogP contribution in [0.1, 0.15) is 67.2 Å². The Kier molecular flexibility index (Phi) is 7.02. The molecular weight excluding hydrogens is 352 g/mol. The van der Waals surface area contributed by atoms with Crippen LogP contribution in [-0.4, -0.2) is 53.6 Å². The summed E-state index contributed by atoms with van der Waals surface area (Å²) in [5.74, 6) is -1.49. The van der Waals surface area contributed by atoms with E-state index in [0.717, 1.165) is 4.90 Å².